The molecule has 142 valence electrons. The lowest BCUT2D eigenvalue weighted by atomic mass is 9.96. The predicted octanol–water partition coefficient (Wildman–Crippen LogP) is 3.47. The van der Waals surface area contributed by atoms with E-state index in [9.17, 15) is 4.79 Å². The lowest BCUT2D eigenvalue weighted by Crippen LogP contribution is -2.51. The molecule has 1 heterocycles. The predicted molar refractivity (Wildman–Crippen MR) is 107 cm³/mol. The van der Waals surface area contributed by atoms with Gasteiger partial charge in [0.1, 0.15) is 0 Å². The molecule has 0 aromatic heterocycles. The van der Waals surface area contributed by atoms with E-state index >= 15 is 0 Å². The first-order chi connectivity index (χ1) is 11.4. The fourth-order valence-electron chi connectivity index (χ4n) is 3.26. The summed E-state index contributed by atoms with van der Waals surface area (Å²) >= 11 is 0. The van der Waals surface area contributed by atoms with Crippen molar-refractivity contribution in [3.8, 4) is 0 Å². The minimum absolute atomic E-state index is 0. The Balaban J connectivity index is 0.00000312. The highest BCUT2D eigenvalue weighted by Gasteiger charge is 2.26. The number of carbonyl (C=O) groups is 1. The van der Waals surface area contributed by atoms with Gasteiger partial charge in [-0.25, -0.2) is 0 Å². The van der Waals surface area contributed by atoms with Gasteiger partial charge in [-0.1, -0.05) is 44.5 Å². The molecule has 25 heavy (non-hydrogen) atoms. The Hall–Kier alpha value is -1.10. The number of piperidine rings is 1. The van der Waals surface area contributed by atoms with E-state index < -0.39 is 5.54 Å². The molecular weight excluding hydrogens is 334 g/mol. The molecule has 4 nitrogen and oxygen atoms in total. The zero-order chi connectivity index (χ0) is 17.6. The number of hydrogen-bond acceptors (Lipinski definition) is 3. The fourth-order valence-corrected chi connectivity index (χ4v) is 3.26. The van der Waals surface area contributed by atoms with Crippen LogP contribution in [-0.2, 0) is 17.9 Å². The molecule has 1 atom stereocenters. The molecule has 1 amide bonds. The molecule has 3 N–H and O–H groups in total. The maximum Gasteiger partial charge on any atom is 0.240 e. The molecule has 1 aromatic carbocycles. The Morgan fingerprint density at radius 3 is 2.36 bits per heavy atom. The maximum atomic E-state index is 12.1. The van der Waals surface area contributed by atoms with Gasteiger partial charge in [0.25, 0.3) is 0 Å². The summed E-state index contributed by atoms with van der Waals surface area (Å²) in [5.74, 6) is 0.795. The maximum absolute atomic E-state index is 12.1. The van der Waals surface area contributed by atoms with Gasteiger partial charge >= 0.3 is 0 Å². The molecule has 0 saturated carbocycles. The summed E-state index contributed by atoms with van der Waals surface area (Å²) in [6, 6.07) is 8.56. The Kier molecular flexibility index (Phi) is 8.91. The molecule has 1 fully saturated rings. The highest BCUT2D eigenvalue weighted by atomic mass is 35.5. The van der Waals surface area contributed by atoms with E-state index in [4.69, 9.17) is 5.73 Å². The average Bonchev–Trinajstić information content (AvgIpc) is 2.56. The molecule has 1 saturated heterocycles. The van der Waals surface area contributed by atoms with Crippen molar-refractivity contribution in [2.24, 2.45) is 11.7 Å². The van der Waals surface area contributed by atoms with E-state index in [0.717, 1.165) is 24.4 Å². The molecule has 1 unspecified atom stereocenters. The number of hydrogen-bond donors (Lipinski definition) is 2. The number of carbonyl (C=O) groups excluding carboxylic acids is 1. The van der Waals surface area contributed by atoms with E-state index in [0.29, 0.717) is 13.0 Å². The third-order valence-electron chi connectivity index (χ3n) is 5.05. The molecule has 0 aliphatic carbocycles. The number of likely N-dealkylation sites (tertiary alicyclic amines) is 1. The fraction of sp³-hybridized carbons (Fsp3) is 0.650. The Bertz CT molecular complexity index is 522. The first-order valence-electron chi connectivity index (χ1n) is 9.28. The number of nitrogens with two attached hydrogens (primary N) is 1. The molecule has 1 aliphatic rings. The van der Waals surface area contributed by atoms with Crippen LogP contribution in [0, 0.1) is 5.92 Å². The number of rotatable bonds is 7. The van der Waals surface area contributed by atoms with Gasteiger partial charge in [0.05, 0.1) is 5.54 Å². The summed E-state index contributed by atoms with van der Waals surface area (Å²) in [7, 11) is 0. The van der Waals surface area contributed by atoms with Gasteiger partial charge in [-0.2, -0.15) is 0 Å². The largest absolute Gasteiger partial charge is 0.350 e. The molecule has 5 heteroatoms. The monoisotopic (exact) mass is 367 g/mol. The minimum atomic E-state index is -0.778. The van der Waals surface area contributed by atoms with Gasteiger partial charge in [0, 0.05) is 13.1 Å². The number of amides is 1. The smallest absolute Gasteiger partial charge is 0.240 e. The standard InChI is InChI=1S/C20H33N3O.ClH/c1-4-11-20(3,21)19(24)22-14-17-5-7-18(8-6-17)15-23-12-9-16(2)10-13-23;/h5-8,16H,4,9-15,21H2,1-3H3,(H,22,24);1H. The van der Waals surface area contributed by atoms with Gasteiger partial charge in [-0.3, -0.25) is 9.69 Å². The zero-order valence-corrected chi connectivity index (χ0v) is 16.7. The molecule has 2 rings (SSSR count). The Morgan fingerprint density at radius 1 is 1.24 bits per heavy atom. The Morgan fingerprint density at radius 2 is 1.80 bits per heavy atom. The molecule has 1 aliphatic heterocycles. The average molecular weight is 368 g/mol. The minimum Gasteiger partial charge on any atom is -0.350 e. The van der Waals surface area contributed by atoms with Crippen LogP contribution in [0.15, 0.2) is 24.3 Å². The molecular formula is C20H34ClN3O. The molecule has 0 spiro atoms. The first kappa shape index (κ1) is 21.9. The highest BCUT2D eigenvalue weighted by Crippen LogP contribution is 2.18. The van der Waals surface area contributed by atoms with Crippen LogP contribution in [0.1, 0.15) is 57.6 Å². The van der Waals surface area contributed by atoms with Crippen molar-refractivity contribution < 1.29 is 4.79 Å². The van der Waals surface area contributed by atoms with Gasteiger partial charge in [0.15, 0.2) is 0 Å². The number of benzene rings is 1. The van der Waals surface area contributed by atoms with E-state index in [1.807, 2.05) is 6.92 Å². The van der Waals surface area contributed by atoms with Crippen LogP contribution in [0.4, 0.5) is 0 Å². The van der Waals surface area contributed by atoms with Crippen molar-refractivity contribution >= 4 is 18.3 Å². The van der Waals surface area contributed by atoms with Crippen LogP contribution in [0.3, 0.4) is 0 Å². The summed E-state index contributed by atoms with van der Waals surface area (Å²) in [5, 5.41) is 2.96. The normalized spacial score (nSPS) is 18.2. The van der Waals surface area contributed by atoms with Gasteiger partial charge in [-0.15, -0.1) is 12.4 Å². The van der Waals surface area contributed by atoms with Crippen molar-refractivity contribution in [2.45, 2.75) is 65.1 Å². The third kappa shape index (κ3) is 6.96. The molecule has 0 bridgehead atoms. The summed E-state index contributed by atoms with van der Waals surface area (Å²) in [4.78, 5) is 14.7. The van der Waals surface area contributed by atoms with Crippen molar-refractivity contribution in [1.29, 1.82) is 0 Å². The second-order valence-electron chi connectivity index (χ2n) is 7.63. The SMILES string of the molecule is CCCC(C)(N)C(=O)NCc1ccc(CN2CCC(C)CC2)cc1.Cl. The number of nitrogens with zero attached hydrogens (tertiary/aromatic N) is 1. The third-order valence-corrected chi connectivity index (χ3v) is 5.05. The lowest BCUT2D eigenvalue weighted by Gasteiger charge is -2.30. The Labute approximate surface area is 158 Å². The van der Waals surface area contributed by atoms with E-state index in [1.165, 1.54) is 31.5 Å². The molecule has 0 radical (unpaired) electrons. The van der Waals surface area contributed by atoms with Crippen LogP contribution < -0.4 is 11.1 Å². The van der Waals surface area contributed by atoms with Crippen molar-refractivity contribution in [2.75, 3.05) is 13.1 Å². The van der Waals surface area contributed by atoms with Crippen molar-refractivity contribution in [1.82, 2.24) is 10.2 Å². The second kappa shape index (κ2) is 10.1. The second-order valence-corrected chi connectivity index (χ2v) is 7.63. The quantitative estimate of drug-likeness (QED) is 0.775. The van der Waals surface area contributed by atoms with E-state index in [-0.39, 0.29) is 18.3 Å². The van der Waals surface area contributed by atoms with E-state index in [2.05, 4.69) is 41.4 Å². The summed E-state index contributed by atoms with van der Waals surface area (Å²) in [5.41, 5.74) is 7.74. The van der Waals surface area contributed by atoms with Crippen molar-refractivity contribution in [3.05, 3.63) is 35.4 Å². The van der Waals surface area contributed by atoms with Gasteiger partial charge < -0.3 is 11.1 Å². The van der Waals surface area contributed by atoms with Crippen LogP contribution in [0.25, 0.3) is 0 Å². The topological polar surface area (TPSA) is 58.4 Å². The van der Waals surface area contributed by atoms with Crippen LogP contribution in [0.2, 0.25) is 0 Å². The van der Waals surface area contributed by atoms with Crippen molar-refractivity contribution in [3.63, 3.8) is 0 Å². The summed E-state index contributed by atoms with van der Waals surface area (Å²) < 4.78 is 0. The van der Waals surface area contributed by atoms with Gasteiger partial charge in [0.2, 0.25) is 5.91 Å². The highest BCUT2D eigenvalue weighted by molar-refractivity contribution is 5.85. The van der Waals surface area contributed by atoms with Crippen LogP contribution in [0.5, 0.6) is 0 Å². The first-order valence-corrected chi connectivity index (χ1v) is 9.28. The summed E-state index contributed by atoms with van der Waals surface area (Å²) in [6.45, 7) is 10.1. The van der Waals surface area contributed by atoms with Crippen LogP contribution in [-0.4, -0.2) is 29.4 Å². The summed E-state index contributed by atoms with van der Waals surface area (Å²) in [6.07, 6.45) is 4.22. The lowest BCUT2D eigenvalue weighted by molar-refractivity contribution is -0.126. The number of halogens is 1. The van der Waals surface area contributed by atoms with E-state index in [1.54, 1.807) is 6.92 Å². The zero-order valence-electron chi connectivity index (χ0n) is 15.9. The number of nitrogens with one attached hydrogen (secondary N) is 1. The molecule has 1 aromatic rings. The van der Waals surface area contributed by atoms with Crippen LogP contribution >= 0.6 is 12.4 Å². The van der Waals surface area contributed by atoms with Gasteiger partial charge in [-0.05, 0) is 56.3 Å².